The summed E-state index contributed by atoms with van der Waals surface area (Å²) in [5, 5.41) is 14.9. The molecule has 3 rings (SSSR count). The highest BCUT2D eigenvalue weighted by Crippen LogP contribution is 2.22. The first-order valence-electron chi connectivity index (χ1n) is 9.02. The second-order valence-electron chi connectivity index (χ2n) is 6.87. The van der Waals surface area contributed by atoms with Crippen LogP contribution in [0.3, 0.4) is 0 Å². The average Bonchev–Trinajstić information content (AvgIpc) is 2.95. The third kappa shape index (κ3) is 4.11. The van der Waals surface area contributed by atoms with Gasteiger partial charge in [0.05, 0.1) is 11.1 Å². The molecule has 0 radical (unpaired) electrons. The Morgan fingerprint density at radius 3 is 2.57 bits per heavy atom. The molecule has 28 heavy (non-hydrogen) atoms. The van der Waals surface area contributed by atoms with Crippen molar-refractivity contribution in [1.82, 2.24) is 4.57 Å². The number of rotatable bonds is 6. The number of oxime groups is 1. The molecule has 0 bridgehead atoms. The molecule has 2 aromatic carbocycles. The zero-order valence-electron chi connectivity index (χ0n) is 16.5. The Bertz CT molecular complexity index is 1050. The summed E-state index contributed by atoms with van der Waals surface area (Å²) in [5.74, 6) is 0. The summed E-state index contributed by atoms with van der Waals surface area (Å²) < 4.78 is 2.19. The van der Waals surface area contributed by atoms with Crippen LogP contribution in [0.1, 0.15) is 33.6 Å². The molecule has 1 aromatic heterocycles. The Balaban J connectivity index is 1.74. The van der Waals surface area contributed by atoms with E-state index in [1.54, 1.807) is 18.3 Å². The van der Waals surface area contributed by atoms with Crippen LogP contribution in [-0.4, -0.2) is 15.7 Å². The molecule has 144 valence electrons. The molecule has 0 fully saturated rings. The first kappa shape index (κ1) is 19.4. The van der Waals surface area contributed by atoms with Gasteiger partial charge in [-0.15, -0.1) is 0 Å². The summed E-state index contributed by atoms with van der Waals surface area (Å²) in [5.41, 5.74) is 7.53. The molecule has 0 saturated carbocycles. The van der Waals surface area contributed by atoms with E-state index in [2.05, 4.69) is 54.8 Å². The lowest BCUT2D eigenvalue weighted by atomic mass is 10.1. The van der Waals surface area contributed by atoms with Gasteiger partial charge in [-0.3, -0.25) is 10.1 Å². The van der Waals surface area contributed by atoms with Gasteiger partial charge in [0.1, 0.15) is 6.61 Å². The van der Waals surface area contributed by atoms with Gasteiger partial charge in [0.2, 0.25) is 0 Å². The third-order valence-corrected chi connectivity index (χ3v) is 4.84. The van der Waals surface area contributed by atoms with Crippen molar-refractivity contribution in [3.05, 3.63) is 92.3 Å². The van der Waals surface area contributed by atoms with Gasteiger partial charge in [-0.2, -0.15) is 0 Å². The van der Waals surface area contributed by atoms with Crippen molar-refractivity contribution >= 4 is 11.9 Å². The van der Waals surface area contributed by atoms with Crippen LogP contribution >= 0.6 is 0 Å². The SMILES string of the molecule is Cc1ccc(-n2c(C)cc(/C=N\OCc3cccc([N+](=O)[O-])c3)c2C)cc1C. The van der Waals surface area contributed by atoms with Crippen molar-refractivity contribution in [2.24, 2.45) is 5.16 Å². The predicted octanol–water partition coefficient (Wildman–Crippen LogP) is 5.17. The molecule has 0 aliphatic heterocycles. The highest BCUT2D eigenvalue weighted by Gasteiger charge is 2.10. The number of aromatic nitrogens is 1. The van der Waals surface area contributed by atoms with Crippen LogP contribution in [0.15, 0.2) is 53.7 Å². The van der Waals surface area contributed by atoms with E-state index in [0.717, 1.165) is 22.6 Å². The zero-order chi connectivity index (χ0) is 20.3. The predicted molar refractivity (Wildman–Crippen MR) is 110 cm³/mol. The smallest absolute Gasteiger partial charge is 0.269 e. The fourth-order valence-electron chi connectivity index (χ4n) is 3.15. The summed E-state index contributed by atoms with van der Waals surface area (Å²) in [7, 11) is 0. The summed E-state index contributed by atoms with van der Waals surface area (Å²) in [4.78, 5) is 15.7. The number of aryl methyl sites for hydroxylation is 3. The summed E-state index contributed by atoms with van der Waals surface area (Å²) in [6.07, 6.45) is 1.68. The van der Waals surface area contributed by atoms with Crippen LogP contribution < -0.4 is 0 Å². The minimum absolute atomic E-state index is 0.0435. The van der Waals surface area contributed by atoms with E-state index in [1.165, 1.54) is 23.3 Å². The van der Waals surface area contributed by atoms with Crippen LogP contribution in [0.4, 0.5) is 5.69 Å². The largest absolute Gasteiger partial charge is 0.391 e. The molecular weight excluding hydrogens is 354 g/mol. The van der Waals surface area contributed by atoms with Crippen molar-refractivity contribution in [3.63, 3.8) is 0 Å². The Morgan fingerprint density at radius 1 is 1.07 bits per heavy atom. The van der Waals surface area contributed by atoms with Gasteiger partial charge in [0, 0.05) is 34.8 Å². The molecule has 6 heteroatoms. The molecule has 0 spiro atoms. The monoisotopic (exact) mass is 377 g/mol. The second kappa shape index (κ2) is 8.08. The fourth-order valence-corrected chi connectivity index (χ4v) is 3.15. The van der Waals surface area contributed by atoms with Crippen molar-refractivity contribution < 1.29 is 9.76 Å². The van der Waals surface area contributed by atoms with Crippen molar-refractivity contribution in [1.29, 1.82) is 0 Å². The van der Waals surface area contributed by atoms with Gasteiger partial charge < -0.3 is 9.40 Å². The van der Waals surface area contributed by atoms with E-state index in [4.69, 9.17) is 4.84 Å². The Kier molecular flexibility index (Phi) is 5.59. The molecule has 0 N–H and O–H groups in total. The molecular formula is C22H23N3O3. The Labute approximate surface area is 164 Å². The van der Waals surface area contributed by atoms with Gasteiger partial charge in [-0.05, 0) is 62.6 Å². The van der Waals surface area contributed by atoms with Gasteiger partial charge in [-0.1, -0.05) is 23.4 Å². The molecule has 0 aliphatic carbocycles. The standard InChI is InChI=1S/C22H23N3O3/c1-15-8-9-21(10-16(15)2)24-17(3)11-20(18(24)4)13-23-28-14-19-6-5-7-22(12-19)25(26)27/h5-13H,14H2,1-4H3/b23-13-. The lowest BCUT2D eigenvalue weighted by Gasteiger charge is -2.11. The second-order valence-corrected chi connectivity index (χ2v) is 6.87. The van der Waals surface area contributed by atoms with Gasteiger partial charge in [0.15, 0.2) is 0 Å². The van der Waals surface area contributed by atoms with Crippen LogP contribution in [-0.2, 0) is 11.4 Å². The van der Waals surface area contributed by atoms with E-state index < -0.39 is 4.92 Å². The maximum atomic E-state index is 10.8. The van der Waals surface area contributed by atoms with E-state index >= 15 is 0 Å². The van der Waals surface area contributed by atoms with Crippen LogP contribution in [0.2, 0.25) is 0 Å². The average molecular weight is 377 g/mol. The highest BCUT2D eigenvalue weighted by atomic mass is 16.6. The molecule has 0 atom stereocenters. The molecule has 0 amide bonds. The minimum atomic E-state index is -0.422. The summed E-state index contributed by atoms with van der Waals surface area (Å²) in [6, 6.07) is 14.8. The lowest BCUT2D eigenvalue weighted by Crippen LogP contribution is -2.00. The van der Waals surface area contributed by atoms with Crippen LogP contribution in [0.25, 0.3) is 5.69 Å². The van der Waals surface area contributed by atoms with Crippen molar-refractivity contribution in [3.8, 4) is 5.69 Å². The molecule has 0 unspecified atom stereocenters. The van der Waals surface area contributed by atoms with Gasteiger partial charge in [-0.25, -0.2) is 0 Å². The molecule has 6 nitrogen and oxygen atoms in total. The first-order chi connectivity index (χ1) is 13.4. The number of nitro groups is 1. The maximum absolute atomic E-state index is 10.8. The quantitative estimate of drug-likeness (QED) is 0.338. The summed E-state index contributed by atoms with van der Waals surface area (Å²) >= 11 is 0. The molecule has 0 aliphatic rings. The fraction of sp³-hybridized carbons (Fsp3) is 0.227. The highest BCUT2D eigenvalue weighted by molar-refractivity contribution is 5.81. The number of hydrogen-bond donors (Lipinski definition) is 0. The van der Waals surface area contributed by atoms with E-state index in [1.807, 2.05) is 6.92 Å². The normalized spacial score (nSPS) is 11.1. The molecule has 3 aromatic rings. The first-order valence-corrected chi connectivity index (χ1v) is 9.02. The minimum Gasteiger partial charge on any atom is -0.391 e. The van der Waals surface area contributed by atoms with E-state index in [-0.39, 0.29) is 12.3 Å². The number of nitro benzene ring substituents is 1. The van der Waals surface area contributed by atoms with Crippen LogP contribution in [0.5, 0.6) is 0 Å². The topological polar surface area (TPSA) is 69.7 Å². The van der Waals surface area contributed by atoms with Gasteiger partial charge in [0.25, 0.3) is 5.69 Å². The van der Waals surface area contributed by atoms with Crippen molar-refractivity contribution in [2.45, 2.75) is 34.3 Å². The Hall–Kier alpha value is -3.41. The number of benzene rings is 2. The van der Waals surface area contributed by atoms with Crippen molar-refractivity contribution in [2.75, 3.05) is 0 Å². The number of nitrogens with zero attached hydrogens (tertiary/aromatic N) is 3. The summed E-state index contributed by atoms with van der Waals surface area (Å²) in [6.45, 7) is 8.49. The Morgan fingerprint density at radius 2 is 1.86 bits per heavy atom. The van der Waals surface area contributed by atoms with E-state index in [9.17, 15) is 10.1 Å². The maximum Gasteiger partial charge on any atom is 0.269 e. The third-order valence-electron chi connectivity index (χ3n) is 4.84. The molecule has 1 heterocycles. The van der Waals surface area contributed by atoms with E-state index in [0.29, 0.717) is 5.56 Å². The number of non-ortho nitro benzene ring substituents is 1. The number of hydrogen-bond acceptors (Lipinski definition) is 4. The molecule has 0 saturated heterocycles. The zero-order valence-corrected chi connectivity index (χ0v) is 16.5. The lowest BCUT2D eigenvalue weighted by molar-refractivity contribution is -0.384. The van der Waals surface area contributed by atoms with Crippen LogP contribution in [0, 0.1) is 37.8 Å². The van der Waals surface area contributed by atoms with Gasteiger partial charge >= 0.3 is 0 Å².